The van der Waals surface area contributed by atoms with Gasteiger partial charge in [-0.3, -0.25) is 14.3 Å². The van der Waals surface area contributed by atoms with Gasteiger partial charge in [-0.1, -0.05) is 35.0 Å². The smallest absolute Gasteiger partial charge is 0.233 e. The molecule has 1 amide bonds. The summed E-state index contributed by atoms with van der Waals surface area (Å²) in [6, 6.07) is 12.5. The number of aromatic nitrogens is 4. The first-order chi connectivity index (χ1) is 15.0. The van der Waals surface area contributed by atoms with E-state index in [1.807, 2.05) is 29.7 Å². The molecule has 1 aromatic carbocycles. The molecule has 0 saturated heterocycles. The van der Waals surface area contributed by atoms with Gasteiger partial charge in [0.1, 0.15) is 5.76 Å². The van der Waals surface area contributed by atoms with Crippen LogP contribution in [-0.4, -0.2) is 30.9 Å². The highest BCUT2D eigenvalue weighted by atomic mass is 35.5. The van der Waals surface area contributed by atoms with E-state index in [4.69, 9.17) is 27.6 Å². The van der Waals surface area contributed by atoms with E-state index in [1.165, 1.54) is 11.8 Å². The van der Waals surface area contributed by atoms with E-state index in [9.17, 15) is 4.79 Å². The standard InChI is InChI=1S/C21H17Cl2N5O2S/c1-13(20(29)25-12-16-3-2-10-30-16)31-21-27-26-19(14-6-8-24-9-7-14)28(21)15-4-5-17(22)18(23)11-15/h2-11,13H,12H2,1H3,(H,25,29). The molecule has 1 unspecified atom stereocenters. The summed E-state index contributed by atoms with van der Waals surface area (Å²) < 4.78 is 7.10. The van der Waals surface area contributed by atoms with Crippen LogP contribution in [0.5, 0.6) is 0 Å². The topological polar surface area (TPSA) is 85.8 Å². The van der Waals surface area contributed by atoms with Gasteiger partial charge in [-0.05, 0) is 49.4 Å². The van der Waals surface area contributed by atoms with E-state index >= 15 is 0 Å². The molecule has 158 valence electrons. The van der Waals surface area contributed by atoms with Gasteiger partial charge in [0.2, 0.25) is 5.91 Å². The molecule has 31 heavy (non-hydrogen) atoms. The van der Waals surface area contributed by atoms with Crippen LogP contribution >= 0.6 is 35.0 Å². The Morgan fingerprint density at radius 1 is 1.16 bits per heavy atom. The van der Waals surface area contributed by atoms with Gasteiger partial charge in [0, 0.05) is 18.0 Å². The van der Waals surface area contributed by atoms with Crippen LogP contribution in [0.1, 0.15) is 12.7 Å². The van der Waals surface area contributed by atoms with Gasteiger partial charge in [-0.25, -0.2) is 0 Å². The monoisotopic (exact) mass is 473 g/mol. The Kier molecular flexibility index (Phi) is 6.60. The van der Waals surface area contributed by atoms with Crippen molar-refractivity contribution >= 4 is 40.9 Å². The zero-order valence-electron chi connectivity index (χ0n) is 16.3. The number of halogens is 2. The lowest BCUT2D eigenvalue weighted by Crippen LogP contribution is -2.30. The van der Waals surface area contributed by atoms with Gasteiger partial charge >= 0.3 is 0 Å². The number of thioether (sulfide) groups is 1. The summed E-state index contributed by atoms with van der Waals surface area (Å²) in [7, 11) is 0. The molecule has 0 bridgehead atoms. The normalized spacial score (nSPS) is 12.0. The van der Waals surface area contributed by atoms with Gasteiger partial charge in [-0.2, -0.15) is 0 Å². The van der Waals surface area contributed by atoms with Crippen LogP contribution in [0.2, 0.25) is 10.0 Å². The fourth-order valence-electron chi connectivity index (χ4n) is 2.83. The number of hydrogen-bond donors (Lipinski definition) is 1. The van der Waals surface area contributed by atoms with Crippen molar-refractivity contribution in [3.8, 4) is 17.1 Å². The zero-order valence-corrected chi connectivity index (χ0v) is 18.7. The first kappa shape index (κ1) is 21.4. The van der Waals surface area contributed by atoms with Crippen LogP contribution in [0.3, 0.4) is 0 Å². The molecule has 0 radical (unpaired) electrons. The number of nitrogens with one attached hydrogen (secondary N) is 1. The van der Waals surface area contributed by atoms with E-state index in [2.05, 4.69) is 20.5 Å². The molecule has 0 saturated carbocycles. The van der Waals surface area contributed by atoms with E-state index in [-0.39, 0.29) is 5.91 Å². The molecule has 10 heteroatoms. The quantitative estimate of drug-likeness (QED) is 0.379. The van der Waals surface area contributed by atoms with Gasteiger partial charge in [0.25, 0.3) is 0 Å². The van der Waals surface area contributed by atoms with Crippen LogP contribution in [-0.2, 0) is 11.3 Å². The number of amides is 1. The third-order valence-electron chi connectivity index (χ3n) is 4.40. The fraction of sp³-hybridized carbons (Fsp3) is 0.143. The van der Waals surface area contributed by atoms with E-state index in [0.717, 1.165) is 11.3 Å². The van der Waals surface area contributed by atoms with E-state index < -0.39 is 5.25 Å². The molecule has 0 aliphatic heterocycles. The number of nitrogens with zero attached hydrogens (tertiary/aromatic N) is 4. The Morgan fingerprint density at radius 2 is 1.97 bits per heavy atom. The van der Waals surface area contributed by atoms with Gasteiger partial charge in [0.15, 0.2) is 11.0 Å². The zero-order chi connectivity index (χ0) is 21.8. The summed E-state index contributed by atoms with van der Waals surface area (Å²) in [5.74, 6) is 1.14. The first-order valence-electron chi connectivity index (χ1n) is 9.31. The first-order valence-corrected chi connectivity index (χ1v) is 10.9. The average Bonchev–Trinajstić information content (AvgIpc) is 3.44. The van der Waals surface area contributed by atoms with Gasteiger partial charge in [-0.15, -0.1) is 10.2 Å². The molecule has 7 nitrogen and oxygen atoms in total. The lowest BCUT2D eigenvalue weighted by Gasteiger charge is -2.14. The van der Waals surface area contributed by atoms with Crippen molar-refractivity contribution in [3.63, 3.8) is 0 Å². The van der Waals surface area contributed by atoms with Crippen LogP contribution < -0.4 is 5.32 Å². The fourth-order valence-corrected chi connectivity index (χ4v) is 4.02. The predicted molar refractivity (Wildman–Crippen MR) is 120 cm³/mol. The third kappa shape index (κ3) is 4.92. The van der Waals surface area contributed by atoms with Crippen molar-refractivity contribution in [1.29, 1.82) is 0 Å². The van der Waals surface area contributed by atoms with Crippen LogP contribution in [0.4, 0.5) is 0 Å². The second-order valence-corrected chi connectivity index (χ2v) is 8.66. The molecule has 4 rings (SSSR count). The number of benzene rings is 1. The lowest BCUT2D eigenvalue weighted by atomic mass is 10.2. The molecule has 3 heterocycles. The van der Waals surface area contributed by atoms with Crippen LogP contribution in [0.15, 0.2) is 70.7 Å². The third-order valence-corrected chi connectivity index (χ3v) is 6.18. The molecule has 1 N–H and O–H groups in total. The number of hydrogen-bond acceptors (Lipinski definition) is 6. The second kappa shape index (κ2) is 9.55. The lowest BCUT2D eigenvalue weighted by molar-refractivity contribution is -0.120. The highest BCUT2D eigenvalue weighted by Gasteiger charge is 2.22. The maximum absolute atomic E-state index is 12.6. The Balaban J connectivity index is 1.63. The Hall–Kier alpha value is -2.81. The van der Waals surface area contributed by atoms with E-state index in [1.54, 1.807) is 42.9 Å². The summed E-state index contributed by atoms with van der Waals surface area (Å²) in [5.41, 5.74) is 1.56. The second-order valence-electron chi connectivity index (χ2n) is 6.53. The van der Waals surface area contributed by atoms with Crippen molar-refractivity contribution in [1.82, 2.24) is 25.1 Å². The molecule has 1 atom stereocenters. The number of furan rings is 1. The minimum Gasteiger partial charge on any atom is -0.467 e. The number of pyridine rings is 1. The molecule has 0 spiro atoms. The number of carbonyl (C=O) groups is 1. The van der Waals surface area contributed by atoms with Crippen molar-refractivity contribution in [2.75, 3.05) is 0 Å². The minimum absolute atomic E-state index is 0.143. The van der Waals surface area contributed by atoms with Crippen molar-refractivity contribution in [2.45, 2.75) is 23.9 Å². The van der Waals surface area contributed by atoms with E-state index in [0.29, 0.717) is 33.3 Å². The summed E-state index contributed by atoms with van der Waals surface area (Å²) in [6.07, 6.45) is 4.93. The Labute approximate surface area is 192 Å². The number of rotatable bonds is 7. The molecule has 3 aromatic heterocycles. The number of carbonyl (C=O) groups excluding carboxylic acids is 1. The average molecular weight is 474 g/mol. The molecular weight excluding hydrogens is 457 g/mol. The molecule has 0 fully saturated rings. The molecular formula is C21H17Cl2N5O2S. The van der Waals surface area contributed by atoms with Gasteiger partial charge < -0.3 is 9.73 Å². The van der Waals surface area contributed by atoms with Crippen LogP contribution in [0.25, 0.3) is 17.1 Å². The van der Waals surface area contributed by atoms with Crippen molar-refractivity contribution < 1.29 is 9.21 Å². The van der Waals surface area contributed by atoms with Gasteiger partial charge in [0.05, 0.1) is 33.8 Å². The Morgan fingerprint density at radius 3 is 2.68 bits per heavy atom. The molecule has 0 aliphatic carbocycles. The summed E-state index contributed by atoms with van der Waals surface area (Å²) in [5, 5.41) is 12.5. The summed E-state index contributed by atoms with van der Waals surface area (Å²) >= 11 is 13.6. The maximum Gasteiger partial charge on any atom is 0.233 e. The van der Waals surface area contributed by atoms with Crippen LogP contribution in [0, 0.1) is 0 Å². The summed E-state index contributed by atoms with van der Waals surface area (Å²) in [4.78, 5) is 16.6. The molecule has 0 aliphatic rings. The minimum atomic E-state index is -0.425. The maximum atomic E-state index is 12.6. The summed E-state index contributed by atoms with van der Waals surface area (Å²) in [6.45, 7) is 2.13. The van der Waals surface area contributed by atoms with Crippen molar-refractivity contribution in [2.24, 2.45) is 0 Å². The predicted octanol–water partition coefficient (Wildman–Crippen LogP) is 5.03. The highest BCUT2D eigenvalue weighted by molar-refractivity contribution is 8.00. The highest BCUT2D eigenvalue weighted by Crippen LogP contribution is 2.32. The molecule has 4 aromatic rings. The van der Waals surface area contributed by atoms with Crippen molar-refractivity contribution in [3.05, 3.63) is 76.9 Å². The SMILES string of the molecule is CC(Sc1nnc(-c2ccncc2)n1-c1ccc(Cl)c(Cl)c1)C(=O)NCc1ccco1. The Bertz CT molecular complexity index is 1180. The largest absolute Gasteiger partial charge is 0.467 e.